The minimum Gasteiger partial charge on any atom is -0.493 e. The summed E-state index contributed by atoms with van der Waals surface area (Å²) in [5.74, 6) is 1.46. The van der Waals surface area contributed by atoms with E-state index in [9.17, 15) is 0 Å². The standard InChI is InChI=1S/C12H14N2O2S/c1-15-10-5-8-9(6-11(10)16-2)14(7-3-4-7)12(17)13-8/h5-7H,3-4H2,1-2H3,(H,13,17). The molecule has 1 fully saturated rings. The summed E-state index contributed by atoms with van der Waals surface area (Å²) >= 11 is 5.35. The summed E-state index contributed by atoms with van der Waals surface area (Å²) in [6, 6.07) is 4.47. The lowest BCUT2D eigenvalue weighted by atomic mass is 10.2. The molecule has 90 valence electrons. The van der Waals surface area contributed by atoms with Crippen LogP contribution in [0.4, 0.5) is 0 Å². The molecule has 1 aliphatic carbocycles. The van der Waals surface area contributed by atoms with Gasteiger partial charge in [-0.15, -0.1) is 0 Å². The number of hydrogen-bond acceptors (Lipinski definition) is 3. The summed E-state index contributed by atoms with van der Waals surface area (Å²) in [7, 11) is 3.28. The molecule has 17 heavy (non-hydrogen) atoms. The Morgan fingerprint density at radius 3 is 2.47 bits per heavy atom. The number of H-pyrrole nitrogens is 1. The first-order valence-electron chi connectivity index (χ1n) is 5.61. The molecule has 4 nitrogen and oxygen atoms in total. The highest BCUT2D eigenvalue weighted by atomic mass is 32.1. The fourth-order valence-electron chi connectivity index (χ4n) is 2.15. The summed E-state index contributed by atoms with van der Waals surface area (Å²) < 4.78 is 13.6. The van der Waals surface area contributed by atoms with Crippen molar-refractivity contribution in [3.8, 4) is 11.5 Å². The third-order valence-electron chi connectivity index (χ3n) is 3.13. The molecule has 0 amide bonds. The van der Waals surface area contributed by atoms with Crippen LogP contribution in [0.5, 0.6) is 11.5 Å². The molecule has 1 aliphatic rings. The van der Waals surface area contributed by atoms with E-state index in [4.69, 9.17) is 21.7 Å². The average Bonchev–Trinajstić information content (AvgIpc) is 3.10. The van der Waals surface area contributed by atoms with Crippen LogP contribution in [0.3, 0.4) is 0 Å². The molecule has 2 aromatic rings. The van der Waals surface area contributed by atoms with Gasteiger partial charge in [-0.25, -0.2) is 0 Å². The highest BCUT2D eigenvalue weighted by Gasteiger charge is 2.26. The van der Waals surface area contributed by atoms with E-state index in [1.807, 2.05) is 12.1 Å². The van der Waals surface area contributed by atoms with Crippen molar-refractivity contribution in [1.29, 1.82) is 0 Å². The van der Waals surface area contributed by atoms with Gasteiger partial charge in [0.05, 0.1) is 25.3 Å². The molecule has 5 heteroatoms. The number of hydrogen-bond donors (Lipinski definition) is 1. The topological polar surface area (TPSA) is 39.2 Å². The molecule has 1 saturated carbocycles. The quantitative estimate of drug-likeness (QED) is 0.851. The molecule has 1 aromatic carbocycles. The zero-order valence-electron chi connectivity index (χ0n) is 9.82. The second kappa shape index (κ2) is 3.77. The summed E-state index contributed by atoms with van der Waals surface area (Å²) in [5, 5.41) is 0. The fourth-order valence-corrected chi connectivity index (χ4v) is 2.51. The zero-order chi connectivity index (χ0) is 12.0. The summed E-state index contributed by atoms with van der Waals surface area (Å²) in [6.07, 6.45) is 2.41. The van der Waals surface area contributed by atoms with Gasteiger partial charge in [0.15, 0.2) is 16.3 Å². The van der Waals surface area contributed by atoms with E-state index in [0.29, 0.717) is 6.04 Å². The third kappa shape index (κ3) is 1.61. The lowest BCUT2D eigenvalue weighted by molar-refractivity contribution is 0.355. The van der Waals surface area contributed by atoms with Gasteiger partial charge in [-0.1, -0.05) is 0 Å². The van der Waals surface area contributed by atoms with Gasteiger partial charge in [0, 0.05) is 18.2 Å². The predicted molar refractivity (Wildman–Crippen MR) is 68.5 cm³/mol. The van der Waals surface area contributed by atoms with E-state index in [-0.39, 0.29) is 0 Å². The summed E-state index contributed by atoms with van der Waals surface area (Å²) in [4.78, 5) is 3.22. The van der Waals surface area contributed by atoms with Crippen molar-refractivity contribution in [2.75, 3.05) is 14.2 Å². The smallest absolute Gasteiger partial charge is 0.178 e. The van der Waals surface area contributed by atoms with Crippen molar-refractivity contribution in [3.05, 3.63) is 16.9 Å². The Balaban J connectivity index is 2.29. The number of imidazole rings is 1. The zero-order valence-corrected chi connectivity index (χ0v) is 10.6. The minimum absolute atomic E-state index is 0.550. The molecule has 0 aliphatic heterocycles. The number of methoxy groups -OCH3 is 2. The highest BCUT2D eigenvalue weighted by molar-refractivity contribution is 7.71. The van der Waals surface area contributed by atoms with Gasteiger partial charge >= 0.3 is 0 Å². The molecular weight excluding hydrogens is 236 g/mol. The molecule has 0 unspecified atom stereocenters. The second-order valence-electron chi connectivity index (χ2n) is 4.26. The molecule has 0 spiro atoms. The van der Waals surface area contributed by atoms with Gasteiger partial charge in [-0.3, -0.25) is 0 Å². The average molecular weight is 250 g/mol. The van der Waals surface area contributed by atoms with Gasteiger partial charge in [-0.2, -0.15) is 0 Å². The van der Waals surface area contributed by atoms with Crippen LogP contribution in [0.25, 0.3) is 11.0 Å². The number of ether oxygens (including phenoxy) is 2. The Bertz CT molecular complexity index is 625. The van der Waals surface area contributed by atoms with E-state index in [2.05, 4.69) is 9.55 Å². The lowest BCUT2D eigenvalue weighted by Crippen LogP contribution is -1.95. The molecule has 1 aromatic heterocycles. The number of benzene rings is 1. The van der Waals surface area contributed by atoms with Gasteiger partial charge in [0.2, 0.25) is 0 Å². The maximum absolute atomic E-state index is 5.35. The number of rotatable bonds is 3. The van der Waals surface area contributed by atoms with Gasteiger partial charge in [-0.05, 0) is 25.1 Å². The van der Waals surface area contributed by atoms with Crippen LogP contribution in [0, 0.1) is 4.77 Å². The third-order valence-corrected chi connectivity index (χ3v) is 3.43. The molecule has 1 heterocycles. The molecule has 0 atom stereocenters. The minimum atomic E-state index is 0.550. The van der Waals surface area contributed by atoms with E-state index >= 15 is 0 Å². The highest BCUT2D eigenvalue weighted by Crippen LogP contribution is 2.40. The number of nitrogens with zero attached hydrogens (tertiary/aromatic N) is 1. The Morgan fingerprint density at radius 1 is 1.24 bits per heavy atom. The van der Waals surface area contributed by atoms with Crippen LogP contribution < -0.4 is 9.47 Å². The van der Waals surface area contributed by atoms with Crippen LogP contribution in [-0.4, -0.2) is 23.8 Å². The van der Waals surface area contributed by atoms with E-state index < -0.39 is 0 Å². The summed E-state index contributed by atoms with van der Waals surface area (Å²) in [6.45, 7) is 0. The maximum atomic E-state index is 5.35. The van der Waals surface area contributed by atoms with Crippen molar-refractivity contribution < 1.29 is 9.47 Å². The number of nitrogens with one attached hydrogen (secondary N) is 1. The van der Waals surface area contributed by atoms with E-state index in [1.54, 1.807) is 14.2 Å². The van der Waals surface area contributed by atoms with Crippen molar-refractivity contribution >= 4 is 23.3 Å². The van der Waals surface area contributed by atoms with Crippen molar-refractivity contribution in [2.24, 2.45) is 0 Å². The number of aromatic nitrogens is 2. The number of aromatic amines is 1. The van der Waals surface area contributed by atoms with Gasteiger partial charge in [0.25, 0.3) is 0 Å². The van der Waals surface area contributed by atoms with Crippen LogP contribution in [-0.2, 0) is 0 Å². The van der Waals surface area contributed by atoms with Crippen LogP contribution in [0.15, 0.2) is 12.1 Å². The molecule has 1 N–H and O–H groups in total. The Labute approximate surface area is 104 Å². The molecule has 0 saturated heterocycles. The molecule has 0 bridgehead atoms. The number of fused-ring (bicyclic) bond motifs is 1. The molecular formula is C12H14N2O2S. The predicted octanol–water partition coefficient (Wildman–Crippen LogP) is 3.05. The van der Waals surface area contributed by atoms with E-state index in [1.165, 1.54) is 12.8 Å². The normalized spacial score (nSPS) is 15.2. The van der Waals surface area contributed by atoms with Crippen LogP contribution in [0.1, 0.15) is 18.9 Å². The van der Waals surface area contributed by atoms with Gasteiger partial charge in [0.1, 0.15) is 0 Å². The Hall–Kier alpha value is -1.49. The van der Waals surface area contributed by atoms with Crippen LogP contribution >= 0.6 is 12.2 Å². The first-order chi connectivity index (χ1) is 8.24. The second-order valence-corrected chi connectivity index (χ2v) is 4.64. The Morgan fingerprint density at radius 2 is 1.88 bits per heavy atom. The maximum Gasteiger partial charge on any atom is 0.178 e. The van der Waals surface area contributed by atoms with Gasteiger partial charge < -0.3 is 19.0 Å². The first kappa shape index (κ1) is 10.7. The Kier molecular flexibility index (Phi) is 2.36. The first-order valence-corrected chi connectivity index (χ1v) is 6.01. The molecule has 0 radical (unpaired) electrons. The van der Waals surface area contributed by atoms with Crippen molar-refractivity contribution in [1.82, 2.24) is 9.55 Å². The van der Waals surface area contributed by atoms with Crippen molar-refractivity contribution in [3.63, 3.8) is 0 Å². The van der Waals surface area contributed by atoms with E-state index in [0.717, 1.165) is 27.3 Å². The SMILES string of the molecule is COc1cc2[nH]c(=S)n(C3CC3)c2cc1OC. The lowest BCUT2D eigenvalue weighted by Gasteiger charge is -2.08. The van der Waals surface area contributed by atoms with Crippen molar-refractivity contribution in [2.45, 2.75) is 18.9 Å². The largest absolute Gasteiger partial charge is 0.493 e. The molecule has 3 rings (SSSR count). The monoisotopic (exact) mass is 250 g/mol. The van der Waals surface area contributed by atoms with Crippen LogP contribution in [0.2, 0.25) is 0 Å². The summed E-state index contributed by atoms with van der Waals surface area (Å²) in [5.41, 5.74) is 2.09. The fraction of sp³-hybridized carbons (Fsp3) is 0.417.